The molecule has 3 rings (SSSR count). The van der Waals surface area contributed by atoms with Gasteiger partial charge in [-0.1, -0.05) is 25.1 Å². The van der Waals surface area contributed by atoms with E-state index in [4.69, 9.17) is 9.15 Å². The molecule has 1 aromatic carbocycles. The minimum Gasteiger partial charge on any atom is -0.459 e. The molecule has 0 aliphatic carbocycles. The first-order valence-electron chi connectivity index (χ1n) is 7.70. The fourth-order valence-corrected chi connectivity index (χ4v) is 2.98. The van der Waals surface area contributed by atoms with Crippen LogP contribution in [-0.2, 0) is 4.74 Å². The third-order valence-electron chi connectivity index (χ3n) is 4.01. The maximum atomic E-state index is 6.01. The second-order valence-corrected chi connectivity index (χ2v) is 5.52. The highest BCUT2D eigenvalue weighted by atomic mass is 16.5. The van der Waals surface area contributed by atoms with Crippen molar-refractivity contribution in [2.24, 2.45) is 0 Å². The molecule has 0 radical (unpaired) electrons. The molecule has 1 N–H and O–H groups in total. The Morgan fingerprint density at radius 1 is 1.30 bits per heavy atom. The van der Waals surface area contributed by atoms with Crippen LogP contribution >= 0.6 is 0 Å². The normalized spacial score (nSPS) is 21.1. The Bertz CT molecular complexity index is 510. The van der Waals surface area contributed by atoms with E-state index in [2.05, 4.69) is 24.4 Å². The number of benzene rings is 1. The van der Waals surface area contributed by atoms with Crippen LogP contribution in [0.15, 0.2) is 34.7 Å². The van der Waals surface area contributed by atoms with E-state index < -0.39 is 0 Å². The van der Waals surface area contributed by atoms with Crippen molar-refractivity contribution >= 4 is 11.0 Å². The molecule has 108 valence electrons. The second kappa shape index (κ2) is 6.42. The van der Waals surface area contributed by atoms with Crippen molar-refractivity contribution in [3.63, 3.8) is 0 Å². The standard InChI is InChI=1S/C17H23NO2/c1-2-18-15(12-14-8-5-6-10-19-14)17-11-13-7-3-4-9-16(13)20-17/h3-4,7,9,11,14-15,18H,2,5-6,8,10,12H2,1H3. The van der Waals surface area contributed by atoms with Gasteiger partial charge >= 0.3 is 0 Å². The number of furan rings is 1. The predicted molar refractivity (Wildman–Crippen MR) is 80.8 cm³/mol. The zero-order valence-electron chi connectivity index (χ0n) is 12.1. The van der Waals surface area contributed by atoms with Gasteiger partial charge in [0.25, 0.3) is 0 Å². The molecule has 1 saturated heterocycles. The number of hydrogen-bond donors (Lipinski definition) is 1. The van der Waals surface area contributed by atoms with Gasteiger partial charge in [0.1, 0.15) is 11.3 Å². The molecule has 2 aromatic rings. The molecule has 1 aliphatic rings. The Balaban J connectivity index is 1.77. The van der Waals surface area contributed by atoms with Gasteiger partial charge in [-0.25, -0.2) is 0 Å². The van der Waals surface area contributed by atoms with Crippen molar-refractivity contribution in [2.75, 3.05) is 13.2 Å². The van der Waals surface area contributed by atoms with Gasteiger partial charge in [-0.15, -0.1) is 0 Å². The maximum absolute atomic E-state index is 6.01. The molecule has 20 heavy (non-hydrogen) atoms. The molecule has 3 nitrogen and oxygen atoms in total. The summed E-state index contributed by atoms with van der Waals surface area (Å²) < 4.78 is 11.9. The number of nitrogens with one attached hydrogen (secondary N) is 1. The lowest BCUT2D eigenvalue weighted by Crippen LogP contribution is -2.28. The SMILES string of the molecule is CCNC(CC1CCCCO1)c1cc2ccccc2o1. The number of hydrogen-bond acceptors (Lipinski definition) is 3. The third kappa shape index (κ3) is 3.05. The minimum absolute atomic E-state index is 0.246. The van der Waals surface area contributed by atoms with Crippen molar-refractivity contribution in [2.45, 2.75) is 44.8 Å². The molecule has 2 atom stereocenters. The zero-order chi connectivity index (χ0) is 13.8. The van der Waals surface area contributed by atoms with Crippen molar-refractivity contribution in [3.8, 4) is 0 Å². The van der Waals surface area contributed by atoms with Crippen LogP contribution in [0.3, 0.4) is 0 Å². The van der Waals surface area contributed by atoms with Gasteiger partial charge in [0.05, 0.1) is 12.1 Å². The van der Waals surface area contributed by atoms with E-state index in [1.54, 1.807) is 0 Å². The van der Waals surface area contributed by atoms with E-state index in [-0.39, 0.29) is 6.04 Å². The highest BCUT2D eigenvalue weighted by molar-refractivity contribution is 5.77. The maximum Gasteiger partial charge on any atom is 0.134 e. The van der Waals surface area contributed by atoms with E-state index in [0.717, 1.165) is 30.9 Å². The average molecular weight is 273 g/mol. The van der Waals surface area contributed by atoms with Crippen LogP contribution in [0.2, 0.25) is 0 Å². The van der Waals surface area contributed by atoms with Crippen LogP contribution in [-0.4, -0.2) is 19.3 Å². The number of ether oxygens (including phenoxy) is 1. The summed E-state index contributed by atoms with van der Waals surface area (Å²) in [6.07, 6.45) is 5.01. The Kier molecular flexibility index (Phi) is 4.38. The first-order chi connectivity index (χ1) is 9.86. The second-order valence-electron chi connectivity index (χ2n) is 5.52. The van der Waals surface area contributed by atoms with Gasteiger partial charge in [-0.3, -0.25) is 0 Å². The monoisotopic (exact) mass is 273 g/mol. The van der Waals surface area contributed by atoms with Gasteiger partial charge in [0, 0.05) is 12.0 Å². The molecule has 1 fully saturated rings. The van der Waals surface area contributed by atoms with Gasteiger partial charge in [-0.2, -0.15) is 0 Å². The molecule has 0 spiro atoms. The first kappa shape index (κ1) is 13.7. The summed E-state index contributed by atoms with van der Waals surface area (Å²) in [4.78, 5) is 0. The van der Waals surface area contributed by atoms with Crippen molar-refractivity contribution < 1.29 is 9.15 Å². The van der Waals surface area contributed by atoms with Crippen molar-refractivity contribution in [1.82, 2.24) is 5.32 Å². The molecule has 3 heteroatoms. The molecule has 2 heterocycles. The van der Waals surface area contributed by atoms with Gasteiger partial charge in [0.2, 0.25) is 0 Å². The fourth-order valence-electron chi connectivity index (χ4n) is 2.98. The van der Waals surface area contributed by atoms with E-state index in [0.29, 0.717) is 6.10 Å². The average Bonchev–Trinajstić information content (AvgIpc) is 2.92. The summed E-state index contributed by atoms with van der Waals surface area (Å²) in [6.45, 7) is 3.98. The Morgan fingerprint density at radius 2 is 2.20 bits per heavy atom. The van der Waals surface area contributed by atoms with Crippen molar-refractivity contribution in [3.05, 3.63) is 36.1 Å². The van der Waals surface area contributed by atoms with Gasteiger partial charge < -0.3 is 14.5 Å². The molecule has 0 bridgehead atoms. The van der Waals surface area contributed by atoms with E-state index in [1.165, 1.54) is 24.6 Å². The quantitative estimate of drug-likeness (QED) is 0.892. The fraction of sp³-hybridized carbons (Fsp3) is 0.529. The Labute approximate surface area is 120 Å². The van der Waals surface area contributed by atoms with Crippen LogP contribution < -0.4 is 5.32 Å². The summed E-state index contributed by atoms with van der Waals surface area (Å²) in [5.74, 6) is 1.03. The molecule has 1 aromatic heterocycles. The predicted octanol–water partition coefficient (Wildman–Crippen LogP) is 4.04. The zero-order valence-corrected chi connectivity index (χ0v) is 12.1. The smallest absolute Gasteiger partial charge is 0.134 e. The highest BCUT2D eigenvalue weighted by Gasteiger charge is 2.22. The molecule has 0 amide bonds. The van der Waals surface area contributed by atoms with E-state index in [1.807, 2.05) is 18.2 Å². The lowest BCUT2D eigenvalue weighted by atomic mass is 10.00. The molecule has 0 saturated carbocycles. The number of fused-ring (bicyclic) bond motifs is 1. The summed E-state index contributed by atoms with van der Waals surface area (Å²) in [7, 11) is 0. The largest absolute Gasteiger partial charge is 0.459 e. The molecule has 2 unspecified atom stereocenters. The van der Waals surface area contributed by atoms with Gasteiger partial charge in [0.15, 0.2) is 0 Å². The highest BCUT2D eigenvalue weighted by Crippen LogP contribution is 2.29. The first-order valence-corrected chi connectivity index (χ1v) is 7.70. The van der Waals surface area contributed by atoms with Crippen LogP contribution in [0.4, 0.5) is 0 Å². The molecular formula is C17H23NO2. The summed E-state index contributed by atoms with van der Waals surface area (Å²) in [6, 6.07) is 10.6. The van der Waals surface area contributed by atoms with Gasteiger partial charge in [-0.05, 0) is 44.4 Å². The Hall–Kier alpha value is -1.32. The lowest BCUT2D eigenvalue weighted by molar-refractivity contribution is 0.00392. The van der Waals surface area contributed by atoms with Crippen LogP contribution in [0.5, 0.6) is 0 Å². The minimum atomic E-state index is 0.246. The summed E-state index contributed by atoms with van der Waals surface area (Å²) in [5, 5.41) is 4.71. The summed E-state index contributed by atoms with van der Waals surface area (Å²) in [5.41, 5.74) is 0.968. The van der Waals surface area contributed by atoms with E-state index >= 15 is 0 Å². The molecule has 1 aliphatic heterocycles. The van der Waals surface area contributed by atoms with E-state index in [9.17, 15) is 0 Å². The number of para-hydroxylation sites is 1. The third-order valence-corrected chi connectivity index (χ3v) is 4.01. The summed E-state index contributed by atoms with van der Waals surface area (Å²) >= 11 is 0. The number of rotatable bonds is 5. The van der Waals surface area contributed by atoms with Crippen molar-refractivity contribution in [1.29, 1.82) is 0 Å². The van der Waals surface area contributed by atoms with Crippen LogP contribution in [0.1, 0.15) is 44.4 Å². The van der Waals surface area contributed by atoms with Crippen LogP contribution in [0, 0.1) is 0 Å². The Morgan fingerprint density at radius 3 is 2.95 bits per heavy atom. The lowest BCUT2D eigenvalue weighted by Gasteiger charge is -2.26. The topological polar surface area (TPSA) is 34.4 Å². The van der Waals surface area contributed by atoms with Crippen LogP contribution in [0.25, 0.3) is 11.0 Å². The molecular weight excluding hydrogens is 250 g/mol.